The molecule has 2 unspecified atom stereocenters. The number of nitrogens with one attached hydrogen (secondary N) is 1. The smallest absolute Gasteiger partial charge is 0.305 e. The molecule has 0 heterocycles. The Hall–Kier alpha value is -1.92. The zero-order chi connectivity index (χ0) is 50.0. The summed E-state index contributed by atoms with van der Waals surface area (Å²) in [6.45, 7) is 4.85. The number of carbonyl (C=O) groups is 2. The first kappa shape index (κ1) is 67.1. The number of ether oxygens (including phenoxy) is 1. The molecule has 6 nitrogen and oxygen atoms in total. The zero-order valence-electron chi connectivity index (χ0n) is 46.3. The van der Waals surface area contributed by atoms with Crippen LogP contribution < -0.4 is 5.32 Å². The van der Waals surface area contributed by atoms with Gasteiger partial charge in [0.05, 0.1) is 25.4 Å². The van der Waals surface area contributed by atoms with Crippen LogP contribution in [0.1, 0.15) is 328 Å². The summed E-state index contributed by atoms with van der Waals surface area (Å²) in [5.74, 6) is -0.0997. The fraction of sp³-hybridized carbons (Fsp3) is 0.873. The first-order valence-corrected chi connectivity index (χ1v) is 30.8. The van der Waals surface area contributed by atoms with Crippen LogP contribution >= 0.6 is 0 Å². The number of allylic oxidation sites excluding steroid dienone is 5. The lowest BCUT2D eigenvalue weighted by Crippen LogP contribution is -2.45. The van der Waals surface area contributed by atoms with E-state index in [-0.39, 0.29) is 18.5 Å². The van der Waals surface area contributed by atoms with Crippen molar-refractivity contribution < 1.29 is 24.5 Å². The minimum absolute atomic E-state index is 0.0210. The second kappa shape index (κ2) is 58.6. The summed E-state index contributed by atoms with van der Waals surface area (Å²) in [6, 6.07) is -0.640. The van der Waals surface area contributed by atoms with Gasteiger partial charge < -0.3 is 20.3 Å². The van der Waals surface area contributed by atoms with Crippen molar-refractivity contribution in [3.63, 3.8) is 0 Å². The second-order valence-corrected chi connectivity index (χ2v) is 21.0. The normalized spacial score (nSPS) is 12.8. The van der Waals surface area contributed by atoms with Gasteiger partial charge in [0.25, 0.3) is 0 Å². The summed E-state index contributed by atoms with van der Waals surface area (Å²) in [6.07, 6.45) is 73.2. The Kier molecular flexibility index (Phi) is 57.0. The maximum atomic E-state index is 12.5. The van der Waals surface area contributed by atoms with E-state index in [0.29, 0.717) is 19.4 Å². The minimum atomic E-state index is -0.855. The molecule has 0 fully saturated rings. The Balaban J connectivity index is 3.48. The van der Waals surface area contributed by atoms with Crippen LogP contribution in [0.25, 0.3) is 0 Å². The first-order valence-electron chi connectivity index (χ1n) is 30.8. The van der Waals surface area contributed by atoms with E-state index in [1.807, 2.05) is 6.08 Å². The van der Waals surface area contributed by atoms with Gasteiger partial charge in [0, 0.05) is 12.8 Å². The van der Waals surface area contributed by atoms with Gasteiger partial charge in [0.1, 0.15) is 0 Å². The van der Waals surface area contributed by atoms with Gasteiger partial charge >= 0.3 is 5.97 Å². The highest BCUT2D eigenvalue weighted by atomic mass is 16.5. The largest absolute Gasteiger partial charge is 0.466 e. The van der Waals surface area contributed by atoms with Crippen LogP contribution in [-0.4, -0.2) is 47.4 Å². The summed E-state index contributed by atoms with van der Waals surface area (Å²) < 4.78 is 5.46. The predicted molar refractivity (Wildman–Crippen MR) is 301 cm³/mol. The van der Waals surface area contributed by atoms with Crippen molar-refractivity contribution in [2.75, 3.05) is 13.2 Å². The summed E-state index contributed by atoms with van der Waals surface area (Å²) in [7, 11) is 0. The van der Waals surface area contributed by atoms with Crippen LogP contribution in [0.5, 0.6) is 0 Å². The van der Waals surface area contributed by atoms with Crippen LogP contribution in [0.3, 0.4) is 0 Å². The third-order valence-corrected chi connectivity index (χ3v) is 14.2. The molecule has 0 saturated carbocycles. The van der Waals surface area contributed by atoms with Crippen molar-refractivity contribution in [1.82, 2.24) is 5.32 Å². The number of esters is 1. The molecule has 406 valence electrons. The number of aliphatic hydroxyl groups excluding tert-OH is 2. The molecule has 0 saturated heterocycles. The first-order chi connectivity index (χ1) is 34.0. The summed E-state index contributed by atoms with van der Waals surface area (Å²) in [5.41, 5.74) is 0. The Morgan fingerprint density at radius 2 is 0.739 bits per heavy atom. The molecule has 0 aromatic rings. The predicted octanol–water partition coefficient (Wildman–Crippen LogP) is 19.2. The number of carbonyl (C=O) groups excluding carboxylic acids is 2. The van der Waals surface area contributed by atoms with E-state index in [1.54, 1.807) is 6.08 Å². The average Bonchev–Trinajstić information content (AvgIpc) is 3.35. The van der Waals surface area contributed by atoms with Crippen molar-refractivity contribution in [1.29, 1.82) is 0 Å². The molecule has 1 amide bonds. The molecule has 0 bridgehead atoms. The molecule has 0 aliphatic rings. The Morgan fingerprint density at radius 3 is 1.14 bits per heavy atom. The lowest BCUT2D eigenvalue weighted by Gasteiger charge is -2.20. The molecular formula is C63H119NO5. The number of aliphatic hydroxyl groups is 2. The fourth-order valence-electron chi connectivity index (χ4n) is 9.42. The number of hydrogen-bond donors (Lipinski definition) is 3. The van der Waals surface area contributed by atoms with Crippen LogP contribution in [-0.2, 0) is 14.3 Å². The molecule has 0 aliphatic carbocycles. The van der Waals surface area contributed by atoms with Gasteiger partial charge in [0.15, 0.2) is 0 Å². The van der Waals surface area contributed by atoms with Crippen LogP contribution in [0, 0.1) is 0 Å². The van der Waals surface area contributed by atoms with Crippen molar-refractivity contribution in [3.8, 4) is 0 Å². The Morgan fingerprint density at radius 1 is 0.406 bits per heavy atom. The minimum Gasteiger partial charge on any atom is -0.466 e. The average molecular weight is 971 g/mol. The highest BCUT2D eigenvalue weighted by Gasteiger charge is 2.18. The Bertz CT molecular complexity index is 1120. The van der Waals surface area contributed by atoms with E-state index in [9.17, 15) is 19.8 Å². The third kappa shape index (κ3) is 55.2. The number of unbranched alkanes of at least 4 members (excludes halogenated alkanes) is 42. The fourth-order valence-corrected chi connectivity index (χ4v) is 9.42. The third-order valence-electron chi connectivity index (χ3n) is 14.2. The number of hydrogen-bond acceptors (Lipinski definition) is 5. The van der Waals surface area contributed by atoms with E-state index in [1.165, 1.54) is 231 Å². The molecule has 3 N–H and O–H groups in total. The number of amides is 1. The maximum absolute atomic E-state index is 12.5. The van der Waals surface area contributed by atoms with E-state index >= 15 is 0 Å². The molecule has 0 aromatic carbocycles. The van der Waals surface area contributed by atoms with Gasteiger partial charge in [0.2, 0.25) is 5.91 Å². The highest BCUT2D eigenvalue weighted by molar-refractivity contribution is 5.76. The van der Waals surface area contributed by atoms with Crippen LogP contribution in [0.4, 0.5) is 0 Å². The quantitative estimate of drug-likeness (QED) is 0.0321. The van der Waals surface area contributed by atoms with Crippen molar-refractivity contribution in [2.24, 2.45) is 0 Å². The standard InChI is InChI=1S/C63H119NO5/c1-3-5-7-9-11-13-15-17-19-20-21-22-23-24-25-26-27-28-29-31-35-39-43-47-51-55-61(66)60(59-65)64-62(67)56-52-48-44-40-36-32-30-34-38-42-46-50-54-58-69-63(68)57-53-49-45-41-37-33-18-16-14-12-10-8-6-4-2/h10,12,16,18,51,55,60-61,65-66H,3-9,11,13-15,17,19-50,52-54,56-59H2,1-2H3,(H,64,67)/b12-10-,18-16-,55-51+. The monoisotopic (exact) mass is 970 g/mol. The number of rotatable bonds is 57. The van der Waals surface area contributed by atoms with E-state index in [4.69, 9.17) is 4.74 Å². The molecule has 0 spiro atoms. The van der Waals surface area contributed by atoms with Crippen LogP contribution in [0.2, 0.25) is 0 Å². The summed E-state index contributed by atoms with van der Waals surface area (Å²) in [5, 5.41) is 23.2. The van der Waals surface area contributed by atoms with Gasteiger partial charge in [-0.3, -0.25) is 9.59 Å². The highest BCUT2D eigenvalue weighted by Crippen LogP contribution is 2.17. The summed E-state index contributed by atoms with van der Waals surface area (Å²) in [4.78, 5) is 24.5. The molecule has 0 aromatic heterocycles. The molecule has 0 rings (SSSR count). The molecule has 0 radical (unpaired) electrons. The Labute approximate surface area is 430 Å². The van der Waals surface area contributed by atoms with E-state index in [2.05, 4.69) is 43.5 Å². The van der Waals surface area contributed by atoms with Gasteiger partial charge in [-0.05, 0) is 57.8 Å². The summed E-state index contributed by atoms with van der Waals surface area (Å²) >= 11 is 0. The van der Waals surface area contributed by atoms with Gasteiger partial charge in [-0.2, -0.15) is 0 Å². The van der Waals surface area contributed by atoms with Gasteiger partial charge in [-0.1, -0.05) is 294 Å². The molecule has 2 atom stereocenters. The van der Waals surface area contributed by atoms with Crippen LogP contribution in [0.15, 0.2) is 36.5 Å². The molecular weight excluding hydrogens is 851 g/mol. The van der Waals surface area contributed by atoms with E-state index < -0.39 is 12.1 Å². The van der Waals surface area contributed by atoms with Crippen molar-refractivity contribution in [2.45, 2.75) is 341 Å². The maximum Gasteiger partial charge on any atom is 0.305 e. The SMILES string of the molecule is CCCC/C=C\C/C=C\CCCCCCCC(=O)OCCCCCCCCCCCCCCCC(=O)NC(CO)C(O)/C=C/CCCCCCCCCCCCCCCCCCCCCCCCC. The second-order valence-electron chi connectivity index (χ2n) is 21.0. The van der Waals surface area contributed by atoms with Crippen molar-refractivity contribution in [3.05, 3.63) is 36.5 Å². The van der Waals surface area contributed by atoms with Gasteiger partial charge in [-0.15, -0.1) is 0 Å². The van der Waals surface area contributed by atoms with Crippen molar-refractivity contribution >= 4 is 11.9 Å². The lowest BCUT2D eigenvalue weighted by atomic mass is 10.0. The zero-order valence-corrected chi connectivity index (χ0v) is 46.3. The van der Waals surface area contributed by atoms with E-state index in [0.717, 1.165) is 70.6 Å². The molecule has 69 heavy (non-hydrogen) atoms. The lowest BCUT2D eigenvalue weighted by molar-refractivity contribution is -0.143. The molecule has 6 heteroatoms. The topological polar surface area (TPSA) is 95.9 Å². The molecule has 0 aliphatic heterocycles. The van der Waals surface area contributed by atoms with Gasteiger partial charge in [-0.25, -0.2) is 0 Å².